The molecule has 1 aromatic carbocycles. The van der Waals surface area contributed by atoms with E-state index in [1.807, 2.05) is 0 Å². The van der Waals surface area contributed by atoms with Crippen molar-refractivity contribution in [3.05, 3.63) is 34.9 Å². The fraction of sp³-hybridized carbons (Fsp3) is 0.538. The van der Waals surface area contributed by atoms with Gasteiger partial charge in [0, 0.05) is 6.42 Å². The number of hydrogen-bond acceptors (Lipinski definition) is 1. The van der Waals surface area contributed by atoms with Crippen LogP contribution in [-0.4, -0.2) is 17.0 Å². The molecule has 0 radical (unpaired) electrons. The van der Waals surface area contributed by atoms with Gasteiger partial charge in [-0.3, -0.25) is 0 Å². The van der Waals surface area contributed by atoms with E-state index in [4.69, 9.17) is 4.74 Å². The van der Waals surface area contributed by atoms with Crippen molar-refractivity contribution in [2.45, 2.75) is 41.7 Å². The van der Waals surface area contributed by atoms with E-state index in [0.29, 0.717) is 5.92 Å². The summed E-state index contributed by atoms with van der Waals surface area (Å²) < 4.78 is 6.00. The van der Waals surface area contributed by atoms with Crippen LogP contribution in [0, 0.1) is 0 Å². The minimum Gasteiger partial charge on any atom is -0.361 e. The van der Waals surface area contributed by atoms with Gasteiger partial charge in [-0.15, -0.1) is 0 Å². The van der Waals surface area contributed by atoms with Gasteiger partial charge in [-0.05, 0) is 51.6 Å². The Morgan fingerprint density at radius 3 is 2.75 bits per heavy atom. The summed E-state index contributed by atoms with van der Waals surface area (Å²) in [6.07, 6.45) is 2.14. The van der Waals surface area contributed by atoms with E-state index < -0.39 is 0 Å². The molecule has 1 aromatic rings. The zero-order valence-electron chi connectivity index (χ0n) is 10.0. The van der Waals surface area contributed by atoms with Crippen molar-refractivity contribution in [1.82, 2.24) is 0 Å². The minimum absolute atomic E-state index is 0.0767. The molecule has 0 spiro atoms. The first-order chi connectivity index (χ1) is 7.44. The monoisotopic (exact) mass is 326 g/mol. The van der Waals surface area contributed by atoms with Gasteiger partial charge in [0.2, 0.25) is 0 Å². The van der Waals surface area contributed by atoms with E-state index in [1.54, 1.807) is 0 Å². The highest BCUT2D eigenvalue weighted by atomic mass is 127. The first-order valence-corrected chi connectivity index (χ1v) is 7.02. The summed E-state index contributed by atoms with van der Waals surface area (Å²) >= 11 is 2.49. The molecule has 0 aromatic heterocycles. The van der Waals surface area contributed by atoms with Gasteiger partial charge in [0.15, 0.2) is 0 Å². The fourth-order valence-corrected chi connectivity index (χ4v) is 3.76. The Labute approximate surface area is 112 Å². The van der Waals surface area contributed by atoms with Gasteiger partial charge < -0.3 is 4.74 Å². The summed E-state index contributed by atoms with van der Waals surface area (Å²) in [4.78, 5) is 0. The van der Waals surface area contributed by atoms with Crippen LogP contribution >= 0.6 is 22.6 Å². The Morgan fingerprint density at radius 1 is 1.31 bits per heavy atom. The topological polar surface area (TPSA) is 12.5 Å². The van der Waals surface area contributed by atoms with Crippen molar-refractivity contribution in [3.63, 3.8) is 0 Å². The number of alkyl halides is 1. The Balaban J connectivity index is 2.01. The summed E-state index contributed by atoms with van der Waals surface area (Å²) in [6, 6.07) is 6.95. The van der Waals surface area contributed by atoms with Gasteiger partial charge in [-0.1, -0.05) is 32.0 Å². The molecule has 3 rings (SSSR count). The van der Waals surface area contributed by atoms with E-state index in [1.165, 1.54) is 16.7 Å². The lowest BCUT2D eigenvalue weighted by Crippen LogP contribution is -2.31. The van der Waals surface area contributed by atoms with E-state index >= 15 is 0 Å². The van der Waals surface area contributed by atoms with Crippen LogP contribution in [-0.2, 0) is 17.6 Å². The number of fused-ring (bicyclic) bond motifs is 2. The molecule has 0 bridgehead atoms. The molecule has 0 amide bonds. The molecule has 1 nitrogen and oxygen atoms in total. The second-order valence-corrected chi connectivity index (χ2v) is 7.34. The fourth-order valence-electron chi connectivity index (χ4n) is 2.67. The average molecular weight is 326 g/mol. The molecule has 3 heteroatoms. The lowest BCUT2D eigenvalue weighted by atomic mass is 9.72. The SMILES string of the molecule is BC12Cc3ccc(C(C)C)cc3CC1(I)O2. The van der Waals surface area contributed by atoms with Crippen LogP contribution in [0.25, 0.3) is 0 Å². The molecule has 84 valence electrons. The smallest absolute Gasteiger partial charge is 0.148 e. The van der Waals surface area contributed by atoms with Crippen LogP contribution in [0.3, 0.4) is 0 Å². The quantitative estimate of drug-likeness (QED) is 0.334. The van der Waals surface area contributed by atoms with Crippen LogP contribution < -0.4 is 0 Å². The number of hydrogen-bond donors (Lipinski definition) is 0. The van der Waals surface area contributed by atoms with Gasteiger partial charge in [0.25, 0.3) is 0 Å². The lowest BCUT2D eigenvalue weighted by Gasteiger charge is -2.22. The predicted molar refractivity (Wildman–Crippen MR) is 77.1 cm³/mol. The summed E-state index contributed by atoms with van der Waals surface area (Å²) in [5.74, 6) is 0.615. The third kappa shape index (κ3) is 1.47. The average Bonchev–Trinajstić information content (AvgIpc) is 2.74. The summed E-state index contributed by atoms with van der Waals surface area (Å²) in [5.41, 5.74) is 4.52. The standard InChI is InChI=1S/C13H16BIO/c1-8(2)9-3-4-10-6-12(14)13(15,16-12)7-11(10)5-9/h3-5,8H,6-7,14H2,1-2H3. The van der Waals surface area contributed by atoms with Crippen molar-refractivity contribution >= 4 is 30.4 Å². The van der Waals surface area contributed by atoms with Gasteiger partial charge in [0.1, 0.15) is 11.5 Å². The molecule has 1 heterocycles. The molecule has 2 aliphatic rings. The Kier molecular flexibility index (Phi) is 2.26. The van der Waals surface area contributed by atoms with E-state index in [9.17, 15) is 0 Å². The normalized spacial score (nSPS) is 35.8. The zero-order chi connectivity index (χ0) is 11.6. The molecule has 1 aliphatic heterocycles. The van der Waals surface area contributed by atoms with Crippen molar-refractivity contribution in [2.75, 3.05) is 0 Å². The van der Waals surface area contributed by atoms with Crippen LogP contribution in [0.4, 0.5) is 0 Å². The number of epoxide rings is 1. The summed E-state index contributed by atoms with van der Waals surface area (Å²) in [7, 11) is 2.23. The Hall–Kier alpha value is -0.0251. The van der Waals surface area contributed by atoms with E-state index in [-0.39, 0.29) is 9.11 Å². The van der Waals surface area contributed by atoms with E-state index in [2.05, 4.69) is 62.5 Å². The largest absolute Gasteiger partial charge is 0.361 e. The maximum atomic E-state index is 5.92. The Morgan fingerprint density at radius 2 is 2.06 bits per heavy atom. The molecular formula is C13H16BIO. The second-order valence-electron chi connectivity index (χ2n) is 5.60. The summed E-state index contributed by atoms with van der Waals surface area (Å²) in [6.45, 7) is 4.50. The molecule has 2 unspecified atom stereocenters. The number of ether oxygens (including phenoxy) is 1. The van der Waals surface area contributed by atoms with Gasteiger partial charge in [-0.2, -0.15) is 0 Å². The molecule has 2 atom stereocenters. The maximum absolute atomic E-state index is 5.92. The third-order valence-electron chi connectivity index (χ3n) is 3.98. The molecule has 1 fully saturated rings. The summed E-state index contributed by atoms with van der Waals surface area (Å²) in [5, 5.41) is 0. The highest BCUT2D eigenvalue weighted by Crippen LogP contribution is 2.58. The lowest BCUT2D eigenvalue weighted by molar-refractivity contribution is 0.349. The van der Waals surface area contributed by atoms with Crippen LogP contribution in [0.5, 0.6) is 0 Å². The molecule has 16 heavy (non-hydrogen) atoms. The number of benzene rings is 1. The number of rotatable bonds is 1. The number of halogens is 1. The molecular weight excluding hydrogens is 310 g/mol. The van der Waals surface area contributed by atoms with Gasteiger partial charge in [-0.25, -0.2) is 0 Å². The van der Waals surface area contributed by atoms with Gasteiger partial charge >= 0.3 is 0 Å². The molecule has 0 N–H and O–H groups in total. The molecule has 0 saturated carbocycles. The van der Waals surface area contributed by atoms with Gasteiger partial charge in [0.05, 0.1) is 5.50 Å². The van der Waals surface area contributed by atoms with Crippen LogP contribution in [0.1, 0.15) is 36.5 Å². The van der Waals surface area contributed by atoms with E-state index in [0.717, 1.165) is 12.8 Å². The second kappa shape index (κ2) is 3.25. The van der Waals surface area contributed by atoms with Crippen molar-refractivity contribution < 1.29 is 4.74 Å². The van der Waals surface area contributed by atoms with Crippen molar-refractivity contribution in [2.24, 2.45) is 0 Å². The highest BCUT2D eigenvalue weighted by molar-refractivity contribution is 14.1. The third-order valence-corrected chi connectivity index (χ3v) is 5.72. The molecule has 1 aliphatic carbocycles. The minimum atomic E-state index is 0.0767. The zero-order valence-corrected chi connectivity index (χ0v) is 12.2. The first-order valence-electron chi connectivity index (χ1n) is 5.94. The molecule has 1 saturated heterocycles. The predicted octanol–water partition coefficient (Wildman–Crippen LogP) is 2.40. The first kappa shape index (κ1) is 11.1. The van der Waals surface area contributed by atoms with Crippen LogP contribution in [0.15, 0.2) is 18.2 Å². The maximum Gasteiger partial charge on any atom is 0.148 e. The van der Waals surface area contributed by atoms with Crippen molar-refractivity contribution in [1.29, 1.82) is 0 Å². The van der Waals surface area contributed by atoms with Crippen molar-refractivity contribution in [3.8, 4) is 0 Å². The highest BCUT2D eigenvalue weighted by Gasteiger charge is 2.66. The Bertz CT molecular complexity index is 459. The van der Waals surface area contributed by atoms with Crippen LogP contribution in [0.2, 0.25) is 0 Å².